The van der Waals surface area contributed by atoms with Gasteiger partial charge >= 0.3 is 0 Å². The molecule has 0 aliphatic carbocycles. The second-order valence-corrected chi connectivity index (χ2v) is 5.45. The molecule has 0 amide bonds. The molecule has 1 aliphatic heterocycles. The first-order valence-corrected chi connectivity index (χ1v) is 7.70. The Balaban J connectivity index is 2.13. The number of fused-ring (bicyclic) bond motifs is 1. The molecule has 0 spiro atoms. The molecule has 0 radical (unpaired) electrons. The van der Waals surface area contributed by atoms with Crippen LogP contribution in [0.1, 0.15) is 11.1 Å². The van der Waals surface area contributed by atoms with Crippen LogP contribution in [0.2, 0.25) is 5.02 Å². The Morgan fingerprint density at radius 3 is 2.55 bits per heavy atom. The summed E-state index contributed by atoms with van der Waals surface area (Å²) in [7, 11) is 0. The van der Waals surface area contributed by atoms with Gasteiger partial charge in [-0.15, -0.1) is 0 Å². The van der Waals surface area contributed by atoms with Crippen LogP contribution in [0.25, 0.3) is 0 Å². The van der Waals surface area contributed by atoms with Crippen LogP contribution in [0.4, 0.5) is 5.69 Å². The molecule has 3 nitrogen and oxygen atoms in total. The highest BCUT2D eigenvalue weighted by Crippen LogP contribution is 2.26. The van der Waals surface area contributed by atoms with Crippen LogP contribution >= 0.6 is 23.4 Å². The predicted molar refractivity (Wildman–Crippen MR) is 87.3 cm³/mol. The Morgan fingerprint density at radius 1 is 1.05 bits per heavy atom. The monoisotopic (exact) mass is 301 g/mol. The van der Waals surface area contributed by atoms with E-state index in [0.29, 0.717) is 5.02 Å². The molecule has 0 bridgehead atoms. The van der Waals surface area contributed by atoms with E-state index in [1.165, 1.54) is 11.8 Å². The molecular formula is C15H12ClN3S. The Labute approximate surface area is 126 Å². The lowest BCUT2D eigenvalue weighted by atomic mass is 10.0. The van der Waals surface area contributed by atoms with Crippen molar-refractivity contribution < 1.29 is 0 Å². The van der Waals surface area contributed by atoms with Crippen molar-refractivity contribution in [1.82, 2.24) is 5.43 Å². The largest absolute Gasteiger partial charge is 0.255 e. The van der Waals surface area contributed by atoms with Gasteiger partial charge < -0.3 is 0 Å². The van der Waals surface area contributed by atoms with Gasteiger partial charge in [0.25, 0.3) is 0 Å². The van der Waals surface area contributed by atoms with Gasteiger partial charge in [-0.1, -0.05) is 53.7 Å². The highest BCUT2D eigenvalue weighted by Gasteiger charge is 2.15. The van der Waals surface area contributed by atoms with Gasteiger partial charge in [-0.2, -0.15) is 5.10 Å². The summed E-state index contributed by atoms with van der Waals surface area (Å²) in [6, 6.07) is 15.6. The second-order valence-electron chi connectivity index (χ2n) is 4.22. The topological polar surface area (TPSA) is 36.8 Å². The van der Waals surface area contributed by atoms with E-state index < -0.39 is 0 Å². The van der Waals surface area contributed by atoms with Crippen molar-refractivity contribution in [2.45, 2.75) is 0 Å². The van der Waals surface area contributed by atoms with E-state index in [2.05, 4.69) is 15.5 Å². The number of rotatable bonds is 1. The van der Waals surface area contributed by atoms with Crippen molar-refractivity contribution in [3.63, 3.8) is 0 Å². The first kappa shape index (κ1) is 13.2. The molecule has 1 heterocycles. The zero-order valence-electron chi connectivity index (χ0n) is 10.8. The Morgan fingerprint density at radius 2 is 1.80 bits per heavy atom. The molecule has 0 fully saturated rings. The second kappa shape index (κ2) is 5.69. The first-order valence-electron chi connectivity index (χ1n) is 6.09. The summed E-state index contributed by atoms with van der Waals surface area (Å²) >= 11 is 7.48. The quantitative estimate of drug-likeness (QED) is 0.863. The van der Waals surface area contributed by atoms with Crippen molar-refractivity contribution in [3.8, 4) is 0 Å². The van der Waals surface area contributed by atoms with Crippen molar-refractivity contribution in [2.24, 2.45) is 10.1 Å². The highest BCUT2D eigenvalue weighted by molar-refractivity contribution is 8.13. The fraction of sp³-hybridized carbons (Fsp3) is 0.0667. The highest BCUT2D eigenvalue weighted by atomic mass is 35.5. The van der Waals surface area contributed by atoms with Crippen molar-refractivity contribution in [1.29, 1.82) is 0 Å². The zero-order valence-corrected chi connectivity index (χ0v) is 12.4. The lowest BCUT2D eigenvalue weighted by Crippen LogP contribution is -2.14. The maximum atomic E-state index is 5.95. The SMILES string of the molecule is CSC1=Nc2ccccc2C(c2ccc(Cl)cc2)=NN1. The molecule has 1 aliphatic rings. The van der Waals surface area contributed by atoms with Crippen LogP contribution in [0.15, 0.2) is 58.6 Å². The molecule has 20 heavy (non-hydrogen) atoms. The fourth-order valence-electron chi connectivity index (χ4n) is 1.99. The minimum atomic E-state index is 0.713. The van der Waals surface area contributed by atoms with Gasteiger partial charge in [-0.3, -0.25) is 5.43 Å². The number of amidine groups is 1. The van der Waals surface area contributed by atoms with Gasteiger partial charge in [-0.05, 0) is 24.5 Å². The molecule has 0 saturated heterocycles. The molecule has 100 valence electrons. The third-order valence-electron chi connectivity index (χ3n) is 2.96. The molecule has 5 heteroatoms. The van der Waals surface area contributed by atoms with Gasteiger partial charge in [0, 0.05) is 16.1 Å². The summed E-state index contributed by atoms with van der Waals surface area (Å²) in [5.41, 5.74) is 6.80. The molecule has 0 aromatic heterocycles. The Bertz CT molecular complexity index is 693. The van der Waals surface area contributed by atoms with Gasteiger partial charge in [0.1, 0.15) is 0 Å². The minimum absolute atomic E-state index is 0.713. The average molecular weight is 302 g/mol. The summed E-state index contributed by atoms with van der Waals surface area (Å²) in [4.78, 5) is 4.58. The minimum Gasteiger partial charge on any atom is -0.255 e. The number of hydrogen-bond donors (Lipinski definition) is 1. The van der Waals surface area contributed by atoms with Crippen molar-refractivity contribution in [3.05, 3.63) is 64.7 Å². The Kier molecular flexibility index (Phi) is 3.76. The number of halogens is 1. The summed E-state index contributed by atoms with van der Waals surface area (Å²) in [5.74, 6) is 0. The number of hydrazone groups is 1. The van der Waals surface area contributed by atoms with Crippen LogP contribution < -0.4 is 5.43 Å². The van der Waals surface area contributed by atoms with E-state index in [1.807, 2.05) is 54.8 Å². The van der Waals surface area contributed by atoms with E-state index in [1.54, 1.807) is 0 Å². The molecule has 2 aromatic carbocycles. The van der Waals surface area contributed by atoms with Crippen LogP contribution in [0, 0.1) is 0 Å². The maximum Gasteiger partial charge on any atom is 0.182 e. The molecule has 0 saturated carbocycles. The predicted octanol–water partition coefficient (Wildman–Crippen LogP) is 4.05. The Hall–Kier alpha value is -1.78. The molecule has 0 unspecified atom stereocenters. The number of thioether (sulfide) groups is 1. The van der Waals surface area contributed by atoms with E-state index in [4.69, 9.17) is 11.6 Å². The van der Waals surface area contributed by atoms with Crippen LogP contribution in [0.3, 0.4) is 0 Å². The molecular weight excluding hydrogens is 290 g/mol. The summed E-state index contributed by atoms with van der Waals surface area (Å²) in [6.07, 6.45) is 1.97. The van der Waals surface area contributed by atoms with Gasteiger partial charge in [0.05, 0.1) is 11.4 Å². The maximum absolute atomic E-state index is 5.95. The van der Waals surface area contributed by atoms with Gasteiger partial charge in [0.2, 0.25) is 0 Å². The number of aliphatic imine (C=N–C) groups is 1. The lowest BCUT2D eigenvalue weighted by Gasteiger charge is -2.07. The van der Waals surface area contributed by atoms with Crippen LogP contribution in [-0.2, 0) is 0 Å². The number of para-hydroxylation sites is 1. The third kappa shape index (κ3) is 2.57. The smallest absolute Gasteiger partial charge is 0.182 e. The zero-order chi connectivity index (χ0) is 13.9. The fourth-order valence-corrected chi connectivity index (χ4v) is 2.44. The molecule has 0 atom stereocenters. The van der Waals surface area contributed by atoms with Gasteiger partial charge in [-0.25, -0.2) is 4.99 Å². The summed E-state index contributed by atoms with van der Waals surface area (Å²) in [6.45, 7) is 0. The van der Waals surface area contributed by atoms with Crippen molar-refractivity contribution >= 4 is 39.9 Å². The first-order chi connectivity index (χ1) is 9.78. The number of benzene rings is 2. The third-order valence-corrected chi connectivity index (χ3v) is 3.78. The number of nitrogens with one attached hydrogen (secondary N) is 1. The standard InChI is InChI=1S/C15H12ClN3S/c1-20-15-17-13-5-3-2-4-12(13)14(18-19-15)10-6-8-11(16)9-7-10/h2-9H,1H3,(H,17,19). The average Bonchev–Trinajstić information content (AvgIpc) is 2.67. The van der Waals surface area contributed by atoms with E-state index >= 15 is 0 Å². The van der Waals surface area contributed by atoms with E-state index in [9.17, 15) is 0 Å². The summed E-state index contributed by atoms with van der Waals surface area (Å²) in [5, 5.41) is 5.98. The lowest BCUT2D eigenvalue weighted by molar-refractivity contribution is 1.05. The normalized spacial score (nSPS) is 13.7. The molecule has 2 aromatic rings. The van der Waals surface area contributed by atoms with E-state index in [-0.39, 0.29) is 0 Å². The van der Waals surface area contributed by atoms with Crippen LogP contribution in [-0.4, -0.2) is 17.1 Å². The molecule has 1 N–H and O–H groups in total. The van der Waals surface area contributed by atoms with Crippen molar-refractivity contribution in [2.75, 3.05) is 6.26 Å². The van der Waals surface area contributed by atoms with E-state index in [0.717, 1.165) is 27.7 Å². The number of hydrogen-bond acceptors (Lipinski definition) is 4. The number of nitrogens with zero attached hydrogens (tertiary/aromatic N) is 2. The van der Waals surface area contributed by atoms with Crippen LogP contribution in [0.5, 0.6) is 0 Å². The molecule has 3 rings (SSSR count). The van der Waals surface area contributed by atoms with Gasteiger partial charge in [0.15, 0.2) is 5.17 Å². The summed E-state index contributed by atoms with van der Waals surface area (Å²) < 4.78 is 0.